The van der Waals surface area contributed by atoms with Gasteiger partial charge in [-0.1, -0.05) is 32.0 Å². The Balaban J connectivity index is 1.57. The number of aliphatic hydroxyl groups excluding tert-OH is 1. The van der Waals surface area contributed by atoms with Gasteiger partial charge < -0.3 is 24.2 Å². The molecule has 8 heteroatoms. The molecule has 196 valence electrons. The number of nitrogens with zero attached hydrogens (tertiary/aromatic N) is 2. The van der Waals surface area contributed by atoms with Crippen molar-refractivity contribution >= 4 is 17.4 Å². The van der Waals surface area contributed by atoms with Crippen LogP contribution in [0.3, 0.4) is 0 Å². The highest BCUT2D eigenvalue weighted by Gasteiger charge is 2.46. The molecule has 0 bridgehead atoms. The highest BCUT2D eigenvalue weighted by atomic mass is 16.6. The van der Waals surface area contributed by atoms with Crippen LogP contribution in [0.15, 0.2) is 72.6 Å². The molecule has 3 heterocycles. The van der Waals surface area contributed by atoms with Crippen LogP contribution in [0.25, 0.3) is 5.76 Å². The SMILES string of the molecule is CC(C)CCOc1cccc([C@@H]2/C(=C(\O)c3ccc4c(c3)OCCO4)C(=O)C(=O)N2Cc2cccnc2)c1. The van der Waals surface area contributed by atoms with Crippen molar-refractivity contribution in [1.82, 2.24) is 9.88 Å². The Labute approximate surface area is 221 Å². The summed E-state index contributed by atoms with van der Waals surface area (Å²) in [5.41, 5.74) is 1.80. The lowest BCUT2D eigenvalue weighted by atomic mass is 9.95. The number of amides is 1. The minimum Gasteiger partial charge on any atom is -0.507 e. The Hall–Kier alpha value is -4.33. The van der Waals surface area contributed by atoms with Crippen LogP contribution < -0.4 is 14.2 Å². The predicted molar refractivity (Wildman–Crippen MR) is 141 cm³/mol. The van der Waals surface area contributed by atoms with Crippen molar-refractivity contribution in [2.75, 3.05) is 19.8 Å². The van der Waals surface area contributed by atoms with E-state index in [-0.39, 0.29) is 17.9 Å². The monoisotopic (exact) mass is 514 g/mol. The summed E-state index contributed by atoms with van der Waals surface area (Å²) in [4.78, 5) is 32.4. The first-order valence-electron chi connectivity index (χ1n) is 12.7. The first kappa shape index (κ1) is 25.3. The molecule has 0 aliphatic carbocycles. The van der Waals surface area contributed by atoms with E-state index in [2.05, 4.69) is 18.8 Å². The molecule has 2 aliphatic rings. The van der Waals surface area contributed by atoms with E-state index >= 15 is 0 Å². The zero-order valence-corrected chi connectivity index (χ0v) is 21.4. The summed E-state index contributed by atoms with van der Waals surface area (Å²) in [5, 5.41) is 11.4. The van der Waals surface area contributed by atoms with Crippen LogP contribution in [0.4, 0.5) is 0 Å². The molecule has 2 aliphatic heterocycles. The molecule has 5 rings (SSSR count). The molecule has 3 aromatic rings. The van der Waals surface area contributed by atoms with E-state index in [4.69, 9.17) is 14.2 Å². The summed E-state index contributed by atoms with van der Waals surface area (Å²) in [7, 11) is 0. The van der Waals surface area contributed by atoms with Crippen LogP contribution in [0.5, 0.6) is 17.2 Å². The van der Waals surface area contributed by atoms with Gasteiger partial charge in [0.15, 0.2) is 11.5 Å². The molecule has 1 aromatic heterocycles. The molecule has 2 aromatic carbocycles. The summed E-state index contributed by atoms with van der Waals surface area (Å²) in [6.07, 6.45) is 4.20. The van der Waals surface area contributed by atoms with Crippen molar-refractivity contribution in [1.29, 1.82) is 0 Å². The molecule has 38 heavy (non-hydrogen) atoms. The Kier molecular flexibility index (Phi) is 7.31. The first-order valence-corrected chi connectivity index (χ1v) is 12.7. The number of fused-ring (bicyclic) bond motifs is 1. The van der Waals surface area contributed by atoms with Gasteiger partial charge in [0.1, 0.15) is 24.7 Å². The van der Waals surface area contributed by atoms with Gasteiger partial charge >= 0.3 is 0 Å². The van der Waals surface area contributed by atoms with E-state index in [1.165, 1.54) is 4.90 Å². The normalized spacial score (nSPS) is 18.2. The van der Waals surface area contributed by atoms with Gasteiger partial charge in [-0.15, -0.1) is 0 Å². The quantitative estimate of drug-likeness (QED) is 0.259. The molecule has 0 radical (unpaired) electrons. The van der Waals surface area contributed by atoms with Crippen LogP contribution in [-0.2, 0) is 16.1 Å². The summed E-state index contributed by atoms with van der Waals surface area (Å²) in [6.45, 7) is 5.78. The minimum absolute atomic E-state index is 0.00917. The maximum absolute atomic E-state index is 13.4. The van der Waals surface area contributed by atoms with Gasteiger partial charge in [-0.25, -0.2) is 0 Å². The number of ether oxygens (including phenoxy) is 3. The Bertz CT molecular complexity index is 1370. The maximum Gasteiger partial charge on any atom is 0.295 e. The van der Waals surface area contributed by atoms with Gasteiger partial charge in [0.25, 0.3) is 11.7 Å². The molecule has 8 nitrogen and oxygen atoms in total. The zero-order chi connectivity index (χ0) is 26.6. The molecule has 1 N–H and O–H groups in total. The molecule has 0 saturated carbocycles. The number of carbonyl (C=O) groups excluding carboxylic acids is 2. The van der Waals surface area contributed by atoms with Crippen LogP contribution in [-0.4, -0.2) is 46.5 Å². The lowest BCUT2D eigenvalue weighted by Gasteiger charge is -2.26. The molecule has 1 saturated heterocycles. The molecular formula is C30H30N2O6. The van der Waals surface area contributed by atoms with Crippen LogP contribution in [0, 0.1) is 5.92 Å². The molecule has 0 spiro atoms. The van der Waals surface area contributed by atoms with Crippen LogP contribution in [0.1, 0.15) is 43.0 Å². The number of aromatic nitrogens is 1. The van der Waals surface area contributed by atoms with Crippen molar-refractivity contribution < 1.29 is 28.9 Å². The van der Waals surface area contributed by atoms with E-state index in [9.17, 15) is 14.7 Å². The van der Waals surface area contributed by atoms with E-state index in [0.717, 1.165) is 12.0 Å². The van der Waals surface area contributed by atoms with Gasteiger partial charge in [-0.3, -0.25) is 14.6 Å². The molecule has 1 amide bonds. The van der Waals surface area contributed by atoms with Gasteiger partial charge in [-0.2, -0.15) is 0 Å². The lowest BCUT2D eigenvalue weighted by molar-refractivity contribution is -0.140. The van der Waals surface area contributed by atoms with Crippen molar-refractivity contribution in [3.05, 3.63) is 89.3 Å². The number of Topliss-reactive ketones (excluding diaryl/α,β-unsaturated/α-hetero) is 1. The van der Waals surface area contributed by atoms with Crippen molar-refractivity contribution in [3.63, 3.8) is 0 Å². The highest BCUT2D eigenvalue weighted by Crippen LogP contribution is 2.42. The Morgan fingerprint density at radius 3 is 2.66 bits per heavy atom. The number of ketones is 1. The third kappa shape index (κ3) is 5.20. The van der Waals surface area contributed by atoms with Gasteiger partial charge in [0, 0.05) is 24.5 Å². The van der Waals surface area contributed by atoms with Gasteiger partial charge in [0.2, 0.25) is 0 Å². The molecule has 1 atom stereocenters. The number of carbonyl (C=O) groups is 2. The summed E-state index contributed by atoms with van der Waals surface area (Å²) >= 11 is 0. The number of hydrogen-bond donors (Lipinski definition) is 1. The first-order chi connectivity index (χ1) is 18.4. The van der Waals surface area contributed by atoms with E-state index in [1.54, 1.807) is 36.7 Å². The lowest BCUT2D eigenvalue weighted by Crippen LogP contribution is -2.29. The number of benzene rings is 2. The largest absolute Gasteiger partial charge is 0.507 e. The number of aliphatic hydroxyl groups is 1. The number of hydrogen-bond acceptors (Lipinski definition) is 7. The second-order valence-electron chi connectivity index (χ2n) is 9.75. The van der Waals surface area contributed by atoms with E-state index in [0.29, 0.717) is 54.1 Å². The Morgan fingerprint density at radius 2 is 1.89 bits per heavy atom. The number of rotatable bonds is 8. The van der Waals surface area contributed by atoms with Crippen LogP contribution >= 0.6 is 0 Å². The van der Waals surface area contributed by atoms with Crippen LogP contribution in [0.2, 0.25) is 0 Å². The van der Waals surface area contributed by atoms with E-state index in [1.807, 2.05) is 30.3 Å². The standard InChI is InChI=1S/C30H30N2O6/c1-19(2)10-12-36-23-7-3-6-21(15-23)27-26(28(33)22-8-9-24-25(16-22)38-14-13-37-24)29(34)30(35)32(27)18-20-5-4-11-31-17-20/h3-9,11,15-17,19,27,33H,10,12-14,18H2,1-2H3/b28-26+/t27-/m1/s1. The fourth-order valence-electron chi connectivity index (χ4n) is 4.61. The average molecular weight is 515 g/mol. The third-order valence-corrected chi connectivity index (χ3v) is 6.57. The van der Waals surface area contributed by atoms with Gasteiger partial charge in [0.05, 0.1) is 18.2 Å². The summed E-state index contributed by atoms with van der Waals surface area (Å²) in [6, 6.07) is 15.1. The fourth-order valence-corrected chi connectivity index (χ4v) is 4.61. The molecule has 0 unspecified atom stereocenters. The number of pyridine rings is 1. The van der Waals surface area contributed by atoms with Crippen molar-refractivity contribution in [2.45, 2.75) is 32.9 Å². The summed E-state index contributed by atoms with van der Waals surface area (Å²) in [5.74, 6) is 0.450. The zero-order valence-electron chi connectivity index (χ0n) is 21.4. The third-order valence-electron chi connectivity index (χ3n) is 6.57. The van der Waals surface area contributed by atoms with Gasteiger partial charge in [-0.05, 0) is 59.9 Å². The summed E-state index contributed by atoms with van der Waals surface area (Å²) < 4.78 is 17.2. The van der Waals surface area contributed by atoms with E-state index < -0.39 is 17.7 Å². The number of likely N-dealkylation sites (tertiary alicyclic amines) is 1. The van der Waals surface area contributed by atoms with Crippen molar-refractivity contribution in [3.8, 4) is 17.2 Å². The topological polar surface area (TPSA) is 98.2 Å². The second-order valence-corrected chi connectivity index (χ2v) is 9.75. The molecule has 1 fully saturated rings. The predicted octanol–water partition coefficient (Wildman–Crippen LogP) is 4.90. The molecular weight excluding hydrogens is 484 g/mol. The highest BCUT2D eigenvalue weighted by molar-refractivity contribution is 6.46. The Morgan fingerprint density at radius 1 is 1.08 bits per heavy atom. The average Bonchev–Trinajstić information content (AvgIpc) is 3.18. The maximum atomic E-state index is 13.4. The fraction of sp³-hybridized carbons (Fsp3) is 0.300. The minimum atomic E-state index is -0.822. The van der Waals surface area contributed by atoms with Crippen molar-refractivity contribution in [2.24, 2.45) is 5.92 Å². The smallest absolute Gasteiger partial charge is 0.295 e. The second kappa shape index (κ2) is 11.0.